The lowest BCUT2D eigenvalue weighted by molar-refractivity contribution is 0.282. The number of rotatable bonds is 7. The van der Waals surface area contributed by atoms with Crippen molar-refractivity contribution in [3.8, 4) is 11.5 Å². The Hall–Kier alpha value is -3.58. The van der Waals surface area contributed by atoms with Crippen molar-refractivity contribution in [2.75, 3.05) is 12.4 Å². The van der Waals surface area contributed by atoms with Crippen LogP contribution in [0.3, 0.4) is 0 Å². The van der Waals surface area contributed by atoms with E-state index in [4.69, 9.17) is 14.5 Å². The number of anilines is 1. The van der Waals surface area contributed by atoms with Gasteiger partial charge in [0.05, 0.1) is 22.4 Å². The first-order valence-electron chi connectivity index (χ1n) is 13.7. The molecule has 0 saturated heterocycles. The first-order valence-corrected chi connectivity index (χ1v) is 14.8. The van der Waals surface area contributed by atoms with Crippen molar-refractivity contribution in [1.82, 2.24) is 0 Å². The van der Waals surface area contributed by atoms with Crippen LogP contribution in [-0.2, 0) is 6.61 Å². The monoisotopic (exact) mass is 640 g/mol. The topological polar surface area (TPSA) is 42.8 Å². The smallest absolute Gasteiger partial charge is 0.174 e. The van der Waals surface area contributed by atoms with E-state index in [9.17, 15) is 0 Å². The molecule has 4 nitrogen and oxygen atoms in total. The Morgan fingerprint density at radius 3 is 2.50 bits per heavy atom. The molecule has 1 heterocycles. The number of halogens is 1. The molecule has 6 rings (SSSR count). The summed E-state index contributed by atoms with van der Waals surface area (Å²) in [7, 11) is 1.67. The molecule has 5 heteroatoms. The highest BCUT2D eigenvalue weighted by atomic mass is 127. The van der Waals surface area contributed by atoms with Crippen LogP contribution in [0.1, 0.15) is 51.8 Å². The average molecular weight is 641 g/mol. The maximum absolute atomic E-state index is 6.14. The van der Waals surface area contributed by atoms with Gasteiger partial charge < -0.3 is 14.8 Å². The van der Waals surface area contributed by atoms with Gasteiger partial charge in [-0.15, -0.1) is 0 Å². The van der Waals surface area contributed by atoms with E-state index in [0.717, 1.165) is 32.6 Å². The third-order valence-electron chi connectivity index (χ3n) is 7.89. The Kier molecular flexibility index (Phi) is 7.65. The Morgan fingerprint density at radius 2 is 1.73 bits per heavy atom. The Labute approximate surface area is 250 Å². The van der Waals surface area contributed by atoms with Gasteiger partial charge in [0, 0.05) is 17.8 Å². The number of aliphatic imine (C=N–C) groups is 1. The molecule has 0 unspecified atom stereocenters. The summed E-state index contributed by atoms with van der Waals surface area (Å²) >= 11 is 2.30. The van der Waals surface area contributed by atoms with E-state index in [0.29, 0.717) is 24.2 Å². The van der Waals surface area contributed by atoms with Crippen molar-refractivity contribution in [1.29, 1.82) is 0 Å². The van der Waals surface area contributed by atoms with Crippen molar-refractivity contribution in [3.05, 3.63) is 128 Å². The molecule has 0 aromatic heterocycles. The summed E-state index contributed by atoms with van der Waals surface area (Å²) in [5.41, 5.74) is 9.54. The Balaban J connectivity index is 1.16. The maximum atomic E-state index is 6.14. The van der Waals surface area contributed by atoms with Gasteiger partial charge in [-0.25, -0.2) is 0 Å². The SMILES string of the molecule is COc1cc(C=Nc2ccc([C@@H]3Nc4ccc(C)cc4[C@@H]4C=CC[C@H]43)cc2)cc(I)c1OCc1ccc(C)cc1. The van der Waals surface area contributed by atoms with Gasteiger partial charge in [-0.2, -0.15) is 0 Å². The fourth-order valence-electron chi connectivity index (χ4n) is 5.75. The Bertz CT molecular complexity index is 1570. The highest BCUT2D eigenvalue weighted by Crippen LogP contribution is 2.50. The first kappa shape index (κ1) is 26.6. The normalized spacial score (nSPS) is 19.2. The van der Waals surface area contributed by atoms with Crippen molar-refractivity contribution < 1.29 is 9.47 Å². The van der Waals surface area contributed by atoms with Gasteiger partial charge in [0.1, 0.15) is 6.61 Å². The standard InChI is InChI=1S/C35H33IN2O2/c1-22-7-10-24(11-8-22)21-40-35-31(36)18-25(19-33(35)39-3)20-37-27-14-12-26(13-15-27)34-29-6-4-5-28(29)30-17-23(2)9-16-32(30)38-34/h4-5,7-20,28-29,34,38H,6,21H2,1-3H3/t28-,29-,34+/m1/s1. The summed E-state index contributed by atoms with van der Waals surface area (Å²) in [5, 5.41) is 3.83. The second-order valence-electron chi connectivity index (χ2n) is 10.7. The van der Waals surface area contributed by atoms with Gasteiger partial charge >= 0.3 is 0 Å². The van der Waals surface area contributed by atoms with Crippen LogP contribution in [-0.4, -0.2) is 13.3 Å². The minimum Gasteiger partial charge on any atom is -0.493 e. The van der Waals surface area contributed by atoms with Crippen LogP contribution in [0.4, 0.5) is 11.4 Å². The maximum Gasteiger partial charge on any atom is 0.174 e. The van der Waals surface area contributed by atoms with Crippen molar-refractivity contribution in [2.45, 2.75) is 38.8 Å². The van der Waals surface area contributed by atoms with Crippen molar-refractivity contribution >= 4 is 40.2 Å². The van der Waals surface area contributed by atoms with Crippen molar-refractivity contribution in [2.24, 2.45) is 10.9 Å². The number of nitrogens with one attached hydrogen (secondary N) is 1. The van der Waals surface area contributed by atoms with Gasteiger partial charge in [0.25, 0.3) is 0 Å². The molecule has 202 valence electrons. The Morgan fingerprint density at radius 1 is 0.950 bits per heavy atom. The van der Waals surface area contributed by atoms with E-state index < -0.39 is 0 Å². The molecular weight excluding hydrogens is 607 g/mol. The van der Waals surface area contributed by atoms with Gasteiger partial charge in [-0.05, 0) is 101 Å². The number of aryl methyl sites for hydroxylation is 2. The number of nitrogens with zero attached hydrogens (tertiary/aromatic N) is 1. The summed E-state index contributed by atoms with van der Waals surface area (Å²) in [4.78, 5) is 4.77. The molecule has 1 aliphatic heterocycles. The molecule has 3 atom stereocenters. The lowest BCUT2D eigenvalue weighted by atomic mass is 9.76. The molecule has 4 aromatic carbocycles. The molecule has 0 bridgehead atoms. The highest BCUT2D eigenvalue weighted by Gasteiger charge is 2.37. The summed E-state index contributed by atoms with van der Waals surface area (Å²) in [6, 6.07) is 28.1. The summed E-state index contributed by atoms with van der Waals surface area (Å²) in [5.74, 6) is 2.46. The molecular formula is C35H33IN2O2. The number of methoxy groups -OCH3 is 1. The molecule has 0 amide bonds. The van der Waals surface area contributed by atoms with Crippen LogP contribution in [0.15, 0.2) is 96.0 Å². The fourth-order valence-corrected chi connectivity index (χ4v) is 6.54. The minimum absolute atomic E-state index is 0.284. The van der Waals surface area contributed by atoms with E-state index in [1.165, 1.54) is 27.9 Å². The molecule has 0 saturated carbocycles. The third-order valence-corrected chi connectivity index (χ3v) is 8.69. The molecule has 0 spiro atoms. The quantitative estimate of drug-likeness (QED) is 0.125. The number of hydrogen-bond acceptors (Lipinski definition) is 4. The first-order chi connectivity index (χ1) is 19.5. The van der Waals surface area contributed by atoms with Crippen LogP contribution in [0, 0.1) is 23.3 Å². The zero-order valence-corrected chi connectivity index (χ0v) is 25.2. The molecule has 1 N–H and O–H groups in total. The van der Waals surface area contributed by atoms with Crippen LogP contribution in [0.5, 0.6) is 11.5 Å². The van der Waals surface area contributed by atoms with Crippen molar-refractivity contribution in [3.63, 3.8) is 0 Å². The zero-order chi connectivity index (χ0) is 27.6. The predicted molar refractivity (Wildman–Crippen MR) is 172 cm³/mol. The summed E-state index contributed by atoms with van der Waals surface area (Å²) in [6.07, 6.45) is 7.72. The number of allylic oxidation sites excluding steroid dienone is 2. The molecule has 0 radical (unpaired) electrons. The van der Waals surface area contributed by atoms with Crippen LogP contribution in [0.25, 0.3) is 0 Å². The number of ether oxygens (including phenoxy) is 2. The predicted octanol–water partition coefficient (Wildman–Crippen LogP) is 9.07. The van der Waals surface area contributed by atoms with Crippen LogP contribution >= 0.6 is 22.6 Å². The van der Waals surface area contributed by atoms with Gasteiger partial charge in [-0.1, -0.05) is 71.8 Å². The fraction of sp³-hybridized carbons (Fsp3) is 0.229. The zero-order valence-electron chi connectivity index (χ0n) is 23.0. The second-order valence-corrected chi connectivity index (χ2v) is 11.9. The van der Waals surface area contributed by atoms with Gasteiger partial charge in [-0.3, -0.25) is 4.99 Å². The lowest BCUT2D eigenvalue weighted by Crippen LogP contribution is -2.29. The minimum atomic E-state index is 0.284. The number of benzene rings is 4. The summed E-state index contributed by atoms with van der Waals surface area (Å²) < 4.78 is 12.8. The number of hydrogen-bond donors (Lipinski definition) is 1. The summed E-state index contributed by atoms with van der Waals surface area (Å²) in [6.45, 7) is 4.75. The van der Waals surface area contributed by atoms with Crippen LogP contribution < -0.4 is 14.8 Å². The molecule has 1 aliphatic carbocycles. The number of fused-ring (bicyclic) bond motifs is 3. The largest absolute Gasteiger partial charge is 0.493 e. The van der Waals surface area contributed by atoms with E-state index in [2.05, 4.69) is 127 Å². The van der Waals surface area contributed by atoms with Gasteiger partial charge in [0.15, 0.2) is 11.5 Å². The third kappa shape index (κ3) is 5.52. The van der Waals surface area contributed by atoms with E-state index in [1.807, 2.05) is 12.3 Å². The van der Waals surface area contributed by atoms with E-state index >= 15 is 0 Å². The molecule has 2 aliphatic rings. The van der Waals surface area contributed by atoms with Gasteiger partial charge in [0.2, 0.25) is 0 Å². The second kappa shape index (κ2) is 11.5. The van der Waals surface area contributed by atoms with E-state index in [-0.39, 0.29) is 6.04 Å². The van der Waals surface area contributed by atoms with E-state index in [1.54, 1.807) is 7.11 Å². The molecule has 4 aromatic rings. The average Bonchev–Trinajstić information content (AvgIpc) is 3.47. The van der Waals surface area contributed by atoms with Crippen LogP contribution in [0.2, 0.25) is 0 Å². The molecule has 0 fully saturated rings. The molecule has 40 heavy (non-hydrogen) atoms. The lowest BCUT2D eigenvalue weighted by Gasteiger charge is -2.37. The highest BCUT2D eigenvalue weighted by molar-refractivity contribution is 14.1.